The molecule has 4 rings (SSSR count). The summed E-state index contributed by atoms with van der Waals surface area (Å²) in [5, 5.41) is 3.31. The van der Waals surface area contributed by atoms with Gasteiger partial charge in [0.05, 0.1) is 11.4 Å². The predicted octanol–water partition coefficient (Wildman–Crippen LogP) is 4.11. The van der Waals surface area contributed by atoms with Crippen molar-refractivity contribution in [3.8, 4) is 0 Å². The number of fused-ring (bicyclic) bond motifs is 2. The highest BCUT2D eigenvalue weighted by molar-refractivity contribution is 7.87. The molecule has 0 atom stereocenters. The van der Waals surface area contributed by atoms with E-state index in [4.69, 9.17) is 9.11 Å². The van der Waals surface area contributed by atoms with E-state index in [1.807, 2.05) is 36.4 Å². The van der Waals surface area contributed by atoms with E-state index < -0.39 is 20.6 Å². The van der Waals surface area contributed by atoms with Gasteiger partial charge in [-0.25, -0.2) is 0 Å². The van der Waals surface area contributed by atoms with E-state index in [9.17, 15) is 16.8 Å². The van der Waals surface area contributed by atoms with E-state index in [1.54, 1.807) is 48.5 Å². The van der Waals surface area contributed by atoms with Crippen LogP contribution >= 0.6 is 0 Å². The van der Waals surface area contributed by atoms with Crippen molar-refractivity contribution >= 4 is 53.5 Å². The molecule has 0 amide bonds. The summed E-state index contributed by atoms with van der Waals surface area (Å²) in [6, 6.07) is 25.0. The van der Waals surface area contributed by atoms with Crippen LogP contribution in [-0.2, 0) is 20.6 Å². The smallest absolute Gasteiger partial charge is 0.269 e. The van der Waals surface area contributed by atoms with Gasteiger partial charge in [-0.15, -0.1) is 0 Å². The van der Waals surface area contributed by atoms with Crippen LogP contribution in [0.25, 0.3) is 21.5 Å². The van der Waals surface area contributed by atoms with Gasteiger partial charge in [0.25, 0.3) is 0 Å². The van der Waals surface area contributed by atoms with Crippen LogP contribution in [0.1, 0.15) is 0 Å². The van der Waals surface area contributed by atoms with Crippen LogP contribution in [0.15, 0.2) is 84.9 Å². The third-order valence-corrected chi connectivity index (χ3v) is 5.01. The van der Waals surface area contributed by atoms with Crippen molar-refractivity contribution in [2.24, 2.45) is 0 Å². The van der Waals surface area contributed by atoms with Gasteiger partial charge in [0, 0.05) is 10.8 Å². The Balaban J connectivity index is 0.000000171. The third kappa shape index (κ3) is 5.91. The van der Waals surface area contributed by atoms with Gasteiger partial charge in [-0.3, -0.25) is 18.5 Å². The zero-order valence-electron chi connectivity index (χ0n) is 15.4. The maximum Gasteiger partial charge on any atom is 0.357 e. The van der Waals surface area contributed by atoms with Gasteiger partial charge in [0.2, 0.25) is 0 Å². The first kappa shape index (κ1) is 21.5. The molecular formula is C20H18N2O6S2. The first-order valence-electron chi connectivity index (χ1n) is 8.58. The molecule has 156 valence electrons. The van der Waals surface area contributed by atoms with Crippen molar-refractivity contribution in [3.63, 3.8) is 0 Å². The molecule has 0 unspecified atom stereocenters. The molecule has 10 heteroatoms. The molecule has 30 heavy (non-hydrogen) atoms. The first-order valence-corrected chi connectivity index (χ1v) is 11.5. The fourth-order valence-corrected chi connectivity index (χ4v) is 3.82. The average molecular weight is 447 g/mol. The SMILES string of the molecule is O=S(=O)(O)Nc1cccc2ccccc12.O=S(=O)(O)Nc1cccc2ccccc12. The molecule has 0 aromatic heterocycles. The first-order chi connectivity index (χ1) is 14.1. The molecule has 4 aromatic rings. The molecule has 4 N–H and O–H groups in total. The summed E-state index contributed by atoms with van der Waals surface area (Å²) in [4.78, 5) is 0. The fourth-order valence-electron chi connectivity index (χ4n) is 2.91. The zero-order chi connectivity index (χ0) is 21.8. The van der Waals surface area contributed by atoms with Gasteiger partial charge in [-0.1, -0.05) is 72.8 Å². The normalized spacial score (nSPS) is 11.5. The predicted molar refractivity (Wildman–Crippen MR) is 118 cm³/mol. The van der Waals surface area contributed by atoms with Crippen LogP contribution < -0.4 is 9.44 Å². The molecule has 0 heterocycles. The second-order valence-electron chi connectivity index (χ2n) is 6.21. The topological polar surface area (TPSA) is 133 Å². The summed E-state index contributed by atoms with van der Waals surface area (Å²) >= 11 is 0. The number of nitrogens with one attached hydrogen (secondary N) is 2. The highest BCUT2D eigenvalue weighted by Crippen LogP contribution is 2.24. The van der Waals surface area contributed by atoms with Crippen LogP contribution in [0.2, 0.25) is 0 Å². The van der Waals surface area contributed by atoms with Crippen molar-refractivity contribution in [1.29, 1.82) is 0 Å². The highest BCUT2D eigenvalue weighted by Gasteiger charge is 2.07. The lowest BCUT2D eigenvalue weighted by molar-refractivity contribution is 0.487. The van der Waals surface area contributed by atoms with Crippen LogP contribution in [0.3, 0.4) is 0 Å². The largest absolute Gasteiger partial charge is 0.357 e. The monoisotopic (exact) mass is 446 g/mol. The minimum Gasteiger partial charge on any atom is -0.269 e. The zero-order valence-corrected chi connectivity index (χ0v) is 17.1. The van der Waals surface area contributed by atoms with Crippen LogP contribution in [-0.4, -0.2) is 25.9 Å². The van der Waals surface area contributed by atoms with E-state index >= 15 is 0 Å². The van der Waals surface area contributed by atoms with Gasteiger partial charge in [-0.2, -0.15) is 16.8 Å². The maximum atomic E-state index is 10.7. The van der Waals surface area contributed by atoms with Crippen molar-refractivity contribution in [1.82, 2.24) is 0 Å². The van der Waals surface area contributed by atoms with E-state index in [-0.39, 0.29) is 0 Å². The summed E-state index contributed by atoms with van der Waals surface area (Å²) in [5.74, 6) is 0. The number of hydrogen-bond acceptors (Lipinski definition) is 4. The number of benzene rings is 4. The van der Waals surface area contributed by atoms with E-state index in [1.165, 1.54) is 0 Å². The lowest BCUT2D eigenvalue weighted by Crippen LogP contribution is -2.10. The summed E-state index contributed by atoms with van der Waals surface area (Å²) < 4.78 is 64.2. The Hall–Kier alpha value is -3.18. The summed E-state index contributed by atoms with van der Waals surface area (Å²) in [5.41, 5.74) is 0.742. The second-order valence-corrected chi connectivity index (χ2v) is 8.52. The summed E-state index contributed by atoms with van der Waals surface area (Å²) in [6.07, 6.45) is 0. The Kier molecular flexibility index (Phi) is 6.22. The van der Waals surface area contributed by atoms with E-state index in [0.717, 1.165) is 21.5 Å². The van der Waals surface area contributed by atoms with Gasteiger partial charge in [0.15, 0.2) is 0 Å². The average Bonchev–Trinajstić information content (AvgIpc) is 2.67. The lowest BCUT2D eigenvalue weighted by atomic mass is 10.1. The van der Waals surface area contributed by atoms with Crippen LogP contribution in [0.4, 0.5) is 11.4 Å². The quantitative estimate of drug-likeness (QED) is 0.349. The van der Waals surface area contributed by atoms with Crippen LogP contribution in [0.5, 0.6) is 0 Å². The minimum atomic E-state index is -4.22. The Bertz CT molecular complexity index is 1280. The van der Waals surface area contributed by atoms with Gasteiger partial charge in [-0.05, 0) is 22.9 Å². The summed E-state index contributed by atoms with van der Waals surface area (Å²) in [7, 11) is -8.44. The van der Waals surface area contributed by atoms with Crippen molar-refractivity contribution < 1.29 is 25.9 Å². The Morgan fingerprint density at radius 1 is 0.500 bits per heavy atom. The number of anilines is 2. The molecule has 0 spiro atoms. The Morgan fingerprint density at radius 2 is 0.833 bits per heavy atom. The van der Waals surface area contributed by atoms with Gasteiger partial charge < -0.3 is 0 Å². The Labute approximate surface area is 173 Å². The highest BCUT2D eigenvalue weighted by atomic mass is 32.2. The molecule has 4 aromatic carbocycles. The molecule has 0 radical (unpaired) electrons. The molecular weight excluding hydrogens is 428 g/mol. The van der Waals surface area contributed by atoms with Crippen LogP contribution in [0, 0.1) is 0 Å². The molecule has 8 nitrogen and oxygen atoms in total. The van der Waals surface area contributed by atoms with Gasteiger partial charge in [0.1, 0.15) is 0 Å². The molecule has 0 aliphatic rings. The van der Waals surface area contributed by atoms with Crippen molar-refractivity contribution in [3.05, 3.63) is 84.9 Å². The van der Waals surface area contributed by atoms with E-state index in [0.29, 0.717) is 11.4 Å². The molecule has 0 saturated heterocycles. The van der Waals surface area contributed by atoms with Gasteiger partial charge >= 0.3 is 20.6 Å². The number of hydrogen-bond donors (Lipinski definition) is 4. The second kappa shape index (κ2) is 8.67. The molecule has 0 fully saturated rings. The molecule has 0 bridgehead atoms. The maximum absolute atomic E-state index is 10.7. The van der Waals surface area contributed by atoms with E-state index in [2.05, 4.69) is 9.44 Å². The van der Waals surface area contributed by atoms with Crippen molar-refractivity contribution in [2.75, 3.05) is 9.44 Å². The third-order valence-electron chi connectivity index (χ3n) is 4.06. The minimum absolute atomic E-state index is 0.371. The standard InChI is InChI=1S/2C10H9NO3S/c2*12-15(13,14)11-10-7-3-5-8-4-1-2-6-9(8)10/h2*1-7,11H,(H,12,13,14). The lowest BCUT2D eigenvalue weighted by Gasteiger charge is -2.06. The number of rotatable bonds is 4. The van der Waals surface area contributed by atoms with Crippen molar-refractivity contribution in [2.45, 2.75) is 0 Å². The molecule has 0 saturated carbocycles. The Morgan fingerprint density at radius 3 is 1.20 bits per heavy atom. The summed E-state index contributed by atoms with van der Waals surface area (Å²) in [6.45, 7) is 0. The molecule has 0 aliphatic carbocycles. The fraction of sp³-hybridized carbons (Fsp3) is 0. The molecule has 0 aliphatic heterocycles.